The summed E-state index contributed by atoms with van der Waals surface area (Å²) in [7, 11) is 2.97. The number of methoxy groups -OCH3 is 2. The topological polar surface area (TPSA) is 80.8 Å². The quantitative estimate of drug-likeness (QED) is 0.703. The molecule has 4 bridgehead atoms. The molecule has 154 valence electrons. The number of hydrogen-bond donors (Lipinski definition) is 1. The average molecular weight is 408 g/mol. The number of amides is 2. The van der Waals surface area contributed by atoms with Crippen molar-refractivity contribution in [1.29, 1.82) is 0 Å². The van der Waals surface area contributed by atoms with E-state index in [0.29, 0.717) is 19.7 Å². The second-order valence-electron chi connectivity index (χ2n) is 8.66. The van der Waals surface area contributed by atoms with Crippen LogP contribution in [0.25, 0.3) is 0 Å². The van der Waals surface area contributed by atoms with Gasteiger partial charge in [0, 0.05) is 24.6 Å². The van der Waals surface area contributed by atoms with Gasteiger partial charge in [-0.1, -0.05) is 0 Å². The fourth-order valence-corrected chi connectivity index (χ4v) is 6.55. The highest BCUT2D eigenvalue weighted by atomic mass is 32.1. The maximum atomic E-state index is 13.2. The molecule has 0 unspecified atom stereocenters. The zero-order valence-electron chi connectivity index (χ0n) is 16.6. The summed E-state index contributed by atoms with van der Waals surface area (Å²) in [5.74, 6) is 1.88. The van der Waals surface area contributed by atoms with E-state index in [1.54, 1.807) is 17.4 Å². The summed E-state index contributed by atoms with van der Waals surface area (Å²) < 4.78 is 9.92. The molecule has 0 aliphatic heterocycles. The molecule has 0 atom stereocenters. The van der Waals surface area contributed by atoms with Crippen LogP contribution in [0.5, 0.6) is 0 Å². The smallest absolute Gasteiger partial charge is 0.357 e. The van der Waals surface area contributed by atoms with Crippen LogP contribution >= 0.6 is 11.3 Å². The van der Waals surface area contributed by atoms with Crippen molar-refractivity contribution in [3.05, 3.63) is 16.1 Å². The summed E-state index contributed by atoms with van der Waals surface area (Å²) in [4.78, 5) is 30.9. The van der Waals surface area contributed by atoms with Crippen molar-refractivity contribution in [2.75, 3.05) is 27.4 Å². The lowest BCUT2D eigenvalue weighted by Gasteiger charge is -2.57. The Morgan fingerprint density at radius 3 is 2.43 bits per heavy atom. The van der Waals surface area contributed by atoms with Gasteiger partial charge in [-0.15, -0.1) is 11.3 Å². The van der Waals surface area contributed by atoms with E-state index in [1.807, 2.05) is 0 Å². The maximum Gasteiger partial charge on any atom is 0.357 e. The molecule has 4 saturated carbocycles. The number of nitrogens with one attached hydrogen (secondary N) is 1. The SMILES string of the molecule is COCCN(Cc1nc(C(=O)OC)cs1)C(=O)NC12CC3CC(CC(C3)C1)C2. The minimum atomic E-state index is -0.455. The Balaban J connectivity index is 1.44. The second-order valence-corrected chi connectivity index (χ2v) is 9.60. The summed E-state index contributed by atoms with van der Waals surface area (Å²) >= 11 is 1.37. The molecule has 1 aromatic rings. The maximum absolute atomic E-state index is 13.2. The van der Waals surface area contributed by atoms with Crippen LogP contribution in [0.4, 0.5) is 4.79 Å². The Morgan fingerprint density at radius 2 is 1.86 bits per heavy atom. The second kappa shape index (κ2) is 7.99. The van der Waals surface area contributed by atoms with E-state index >= 15 is 0 Å². The van der Waals surface area contributed by atoms with Crippen LogP contribution in [0, 0.1) is 17.8 Å². The molecule has 8 heteroatoms. The summed E-state index contributed by atoms with van der Waals surface area (Å²) in [5.41, 5.74) is 0.257. The van der Waals surface area contributed by atoms with Crippen molar-refractivity contribution >= 4 is 23.3 Å². The number of hydrogen-bond acceptors (Lipinski definition) is 6. The van der Waals surface area contributed by atoms with Crippen molar-refractivity contribution in [2.45, 2.75) is 50.6 Å². The molecule has 4 fully saturated rings. The Morgan fingerprint density at radius 1 is 1.21 bits per heavy atom. The molecule has 1 heterocycles. The number of rotatable bonds is 7. The van der Waals surface area contributed by atoms with Crippen LogP contribution in [0.2, 0.25) is 0 Å². The van der Waals surface area contributed by atoms with E-state index in [1.165, 1.54) is 37.7 Å². The number of aromatic nitrogens is 1. The zero-order valence-corrected chi connectivity index (χ0v) is 17.4. The van der Waals surface area contributed by atoms with Crippen LogP contribution < -0.4 is 5.32 Å². The first-order valence-electron chi connectivity index (χ1n) is 10.1. The van der Waals surface area contributed by atoms with Gasteiger partial charge in [-0.3, -0.25) is 0 Å². The van der Waals surface area contributed by atoms with E-state index in [2.05, 4.69) is 10.3 Å². The third-order valence-electron chi connectivity index (χ3n) is 6.54. The van der Waals surface area contributed by atoms with Gasteiger partial charge in [-0.05, 0) is 56.3 Å². The van der Waals surface area contributed by atoms with Crippen molar-refractivity contribution in [2.24, 2.45) is 17.8 Å². The lowest BCUT2D eigenvalue weighted by molar-refractivity contribution is -0.0161. The normalized spacial score (nSPS) is 30.3. The minimum absolute atomic E-state index is 0.0305. The van der Waals surface area contributed by atoms with Crippen LogP contribution in [-0.2, 0) is 16.0 Å². The standard InChI is InChI=1S/C20H29N3O4S/c1-26-4-3-23(11-17-21-16(12-28-17)18(24)27-2)19(25)22-20-8-13-5-14(9-20)7-15(6-13)10-20/h12-15H,3-11H2,1-2H3,(H,22,25). The van der Waals surface area contributed by atoms with Crippen LogP contribution in [-0.4, -0.2) is 54.8 Å². The predicted octanol–water partition coefficient (Wildman–Crippen LogP) is 3.06. The molecule has 1 N–H and O–H groups in total. The van der Waals surface area contributed by atoms with E-state index in [9.17, 15) is 9.59 Å². The van der Waals surface area contributed by atoms with Crippen molar-refractivity contribution in [3.63, 3.8) is 0 Å². The third kappa shape index (κ3) is 4.03. The zero-order chi connectivity index (χ0) is 19.7. The van der Waals surface area contributed by atoms with Crippen molar-refractivity contribution in [1.82, 2.24) is 15.2 Å². The first-order chi connectivity index (χ1) is 13.5. The highest BCUT2D eigenvalue weighted by Crippen LogP contribution is 2.55. The Hall–Kier alpha value is -1.67. The number of nitrogens with zero attached hydrogens (tertiary/aromatic N) is 2. The number of esters is 1. The molecular formula is C20H29N3O4S. The van der Waals surface area contributed by atoms with Crippen LogP contribution in [0.15, 0.2) is 5.38 Å². The molecule has 28 heavy (non-hydrogen) atoms. The largest absolute Gasteiger partial charge is 0.464 e. The van der Waals surface area contributed by atoms with E-state index in [4.69, 9.17) is 9.47 Å². The van der Waals surface area contributed by atoms with Crippen LogP contribution in [0.1, 0.15) is 54.0 Å². The highest BCUT2D eigenvalue weighted by Gasteiger charge is 2.51. The van der Waals surface area contributed by atoms with Gasteiger partial charge in [0.25, 0.3) is 0 Å². The Bertz CT molecular complexity index is 700. The number of urea groups is 1. The van der Waals surface area contributed by atoms with Crippen molar-refractivity contribution in [3.8, 4) is 0 Å². The predicted molar refractivity (Wildman–Crippen MR) is 105 cm³/mol. The number of carbonyl (C=O) groups is 2. The lowest BCUT2D eigenvalue weighted by Crippen LogP contribution is -2.62. The lowest BCUT2D eigenvalue weighted by atomic mass is 9.53. The number of ether oxygens (including phenoxy) is 2. The molecule has 0 saturated heterocycles. The van der Waals surface area contributed by atoms with Gasteiger partial charge in [-0.2, -0.15) is 0 Å². The molecule has 1 aromatic heterocycles. The van der Waals surface area contributed by atoms with E-state index in [-0.39, 0.29) is 17.3 Å². The highest BCUT2D eigenvalue weighted by molar-refractivity contribution is 7.09. The van der Waals surface area contributed by atoms with Crippen molar-refractivity contribution < 1.29 is 19.1 Å². The number of carbonyl (C=O) groups excluding carboxylic acids is 2. The Labute approximate surface area is 169 Å². The van der Waals surface area contributed by atoms with Gasteiger partial charge in [0.2, 0.25) is 0 Å². The summed E-state index contributed by atoms with van der Waals surface area (Å²) in [6.07, 6.45) is 7.39. The molecule has 0 spiro atoms. The molecule has 7 nitrogen and oxygen atoms in total. The molecule has 0 radical (unpaired) electrons. The molecule has 4 aliphatic carbocycles. The minimum Gasteiger partial charge on any atom is -0.464 e. The monoisotopic (exact) mass is 407 g/mol. The van der Waals surface area contributed by atoms with Crippen LogP contribution in [0.3, 0.4) is 0 Å². The fraction of sp³-hybridized carbons (Fsp3) is 0.750. The average Bonchev–Trinajstić information content (AvgIpc) is 3.11. The van der Waals surface area contributed by atoms with Gasteiger partial charge >= 0.3 is 12.0 Å². The van der Waals surface area contributed by atoms with E-state index in [0.717, 1.165) is 42.0 Å². The molecule has 4 aliphatic rings. The third-order valence-corrected chi connectivity index (χ3v) is 7.37. The van der Waals surface area contributed by atoms with E-state index < -0.39 is 5.97 Å². The van der Waals surface area contributed by atoms with Gasteiger partial charge < -0.3 is 19.7 Å². The summed E-state index contributed by atoms with van der Waals surface area (Å²) in [6.45, 7) is 1.31. The molecular weight excluding hydrogens is 378 g/mol. The molecule has 0 aromatic carbocycles. The summed E-state index contributed by atoms with van der Waals surface area (Å²) in [5, 5.41) is 5.80. The van der Waals surface area contributed by atoms with Gasteiger partial charge in [0.1, 0.15) is 5.01 Å². The first-order valence-corrected chi connectivity index (χ1v) is 11.0. The van der Waals surface area contributed by atoms with Gasteiger partial charge in [0.05, 0.1) is 20.3 Å². The molecule has 5 rings (SSSR count). The van der Waals surface area contributed by atoms with Gasteiger partial charge in [-0.25, -0.2) is 14.6 Å². The fourth-order valence-electron chi connectivity index (χ4n) is 5.77. The molecule has 2 amide bonds. The number of thiazole rings is 1. The summed E-state index contributed by atoms with van der Waals surface area (Å²) in [6, 6.07) is -0.0474. The van der Waals surface area contributed by atoms with Gasteiger partial charge in [0.15, 0.2) is 5.69 Å². The first kappa shape index (κ1) is 19.6. The Kier molecular flexibility index (Phi) is 5.60.